The van der Waals surface area contributed by atoms with Crippen LogP contribution in [0.3, 0.4) is 0 Å². The van der Waals surface area contributed by atoms with E-state index in [1.165, 1.54) is 18.2 Å². The van der Waals surface area contributed by atoms with Crippen molar-refractivity contribution >= 4 is 27.0 Å². The molecule has 0 aliphatic rings. The van der Waals surface area contributed by atoms with Crippen LogP contribution in [0.4, 0.5) is 0 Å². The van der Waals surface area contributed by atoms with E-state index >= 15 is 0 Å². The molecule has 0 spiro atoms. The van der Waals surface area contributed by atoms with Crippen molar-refractivity contribution in [1.29, 1.82) is 0 Å². The number of carboxylic acids is 1. The van der Waals surface area contributed by atoms with Gasteiger partial charge in [-0.15, -0.1) is 0 Å². The first-order valence-electron chi connectivity index (χ1n) is 7.82. The number of nitrogens with one attached hydrogen (secondary N) is 1. The predicted octanol–water partition coefficient (Wildman–Crippen LogP) is 2.67. The summed E-state index contributed by atoms with van der Waals surface area (Å²) in [4.78, 5) is 11.2. The van der Waals surface area contributed by atoms with Gasteiger partial charge in [-0.2, -0.15) is 0 Å². The first kappa shape index (κ1) is 18.0. The van der Waals surface area contributed by atoms with E-state index in [0.29, 0.717) is 23.0 Å². The molecule has 0 atom stereocenters. The number of sulfonamides is 1. The molecule has 1 heterocycles. The molecule has 0 fully saturated rings. The Morgan fingerprint density at radius 2 is 1.96 bits per heavy atom. The van der Waals surface area contributed by atoms with Gasteiger partial charge in [0.05, 0.1) is 4.90 Å². The van der Waals surface area contributed by atoms with Crippen molar-refractivity contribution in [3.8, 4) is 5.75 Å². The Hall–Kier alpha value is -2.84. The van der Waals surface area contributed by atoms with Gasteiger partial charge in [0.2, 0.25) is 15.8 Å². The van der Waals surface area contributed by atoms with Gasteiger partial charge in [0.25, 0.3) is 0 Å². The maximum atomic E-state index is 12.5. The highest BCUT2D eigenvalue weighted by molar-refractivity contribution is 7.89. The van der Waals surface area contributed by atoms with Crippen molar-refractivity contribution in [2.45, 2.75) is 18.2 Å². The SMILES string of the molecule is Cc1c(C(=O)O)oc2ccc(S(=O)(=O)NCCc3cccc(O)c3)cc12. The molecule has 3 N–H and O–H groups in total. The second kappa shape index (κ2) is 6.81. The van der Waals surface area contributed by atoms with Crippen LogP contribution in [-0.2, 0) is 16.4 Å². The fraction of sp³-hybridized carbons (Fsp3) is 0.167. The third-order valence-electron chi connectivity index (χ3n) is 4.03. The smallest absolute Gasteiger partial charge is 0.372 e. The molecule has 3 aromatic rings. The maximum Gasteiger partial charge on any atom is 0.372 e. The number of fused-ring (bicyclic) bond motifs is 1. The molecular formula is C18H17NO6S. The van der Waals surface area contributed by atoms with Crippen LogP contribution in [0.5, 0.6) is 5.75 Å². The van der Waals surface area contributed by atoms with E-state index in [1.807, 2.05) is 0 Å². The van der Waals surface area contributed by atoms with Crippen molar-refractivity contribution in [3.63, 3.8) is 0 Å². The monoisotopic (exact) mass is 375 g/mol. The standard InChI is InChI=1S/C18H17NO6S/c1-11-15-10-14(5-6-16(15)25-17(11)18(21)22)26(23,24)19-8-7-12-3-2-4-13(20)9-12/h2-6,9-10,19-20H,7-8H2,1H3,(H,21,22). The molecule has 2 aromatic carbocycles. The van der Waals surface area contributed by atoms with Gasteiger partial charge in [0, 0.05) is 17.5 Å². The number of hydrogen-bond donors (Lipinski definition) is 3. The largest absolute Gasteiger partial charge is 0.508 e. The van der Waals surface area contributed by atoms with Gasteiger partial charge in [0.15, 0.2) is 0 Å². The molecule has 0 saturated heterocycles. The van der Waals surface area contributed by atoms with E-state index in [9.17, 15) is 18.3 Å². The minimum absolute atomic E-state index is 0.0294. The third-order valence-corrected chi connectivity index (χ3v) is 5.49. The normalized spacial score (nSPS) is 11.7. The van der Waals surface area contributed by atoms with E-state index < -0.39 is 16.0 Å². The van der Waals surface area contributed by atoms with Crippen LogP contribution in [0, 0.1) is 6.92 Å². The predicted molar refractivity (Wildman–Crippen MR) is 94.9 cm³/mol. The molecule has 0 amide bonds. The summed E-state index contributed by atoms with van der Waals surface area (Å²) in [5.74, 6) is -1.28. The first-order valence-corrected chi connectivity index (χ1v) is 9.30. The Morgan fingerprint density at radius 3 is 2.65 bits per heavy atom. The van der Waals surface area contributed by atoms with Gasteiger partial charge in [-0.1, -0.05) is 12.1 Å². The fourth-order valence-corrected chi connectivity index (χ4v) is 3.75. The molecule has 0 saturated carbocycles. The number of phenolic OH excluding ortho intramolecular Hbond substituents is 1. The lowest BCUT2D eigenvalue weighted by molar-refractivity contribution is 0.0664. The Balaban J connectivity index is 1.80. The van der Waals surface area contributed by atoms with Crippen LogP contribution in [0.15, 0.2) is 51.8 Å². The molecule has 8 heteroatoms. The Labute approximate surface area is 149 Å². The maximum absolute atomic E-state index is 12.5. The van der Waals surface area contributed by atoms with Crippen molar-refractivity contribution in [2.24, 2.45) is 0 Å². The van der Waals surface area contributed by atoms with Gasteiger partial charge in [-0.05, 0) is 49.2 Å². The number of hydrogen-bond acceptors (Lipinski definition) is 5. The molecular weight excluding hydrogens is 358 g/mol. The zero-order valence-corrected chi connectivity index (χ0v) is 14.7. The summed E-state index contributed by atoms with van der Waals surface area (Å²) in [6, 6.07) is 10.8. The molecule has 0 radical (unpaired) electrons. The summed E-state index contributed by atoms with van der Waals surface area (Å²) in [5, 5.41) is 19.0. The summed E-state index contributed by atoms with van der Waals surface area (Å²) in [5.41, 5.74) is 1.50. The lowest BCUT2D eigenvalue weighted by Crippen LogP contribution is -2.25. The van der Waals surface area contributed by atoms with E-state index in [1.54, 1.807) is 31.2 Å². The van der Waals surface area contributed by atoms with Crippen LogP contribution < -0.4 is 4.72 Å². The average molecular weight is 375 g/mol. The van der Waals surface area contributed by atoms with E-state index in [2.05, 4.69) is 4.72 Å². The van der Waals surface area contributed by atoms with Crippen LogP contribution in [0.2, 0.25) is 0 Å². The number of aromatic hydroxyl groups is 1. The van der Waals surface area contributed by atoms with Crippen molar-refractivity contribution in [1.82, 2.24) is 4.72 Å². The lowest BCUT2D eigenvalue weighted by Gasteiger charge is -2.07. The number of carbonyl (C=O) groups is 1. The second-order valence-corrected chi connectivity index (χ2v) is 7.60. The highest BCUT2D eigenvalue weighted by atomic mass is 32.2. The minimum atomic E-state index is -3.76. The number of benzene rings is 2. The van der Waals surface area contributed by atoms with E-state index in [0.717, 1.165) is 5.56 Å². The third kappa shape index (κ3) is 3.56. The highest BCUT2D eigenvalue weighted by Gasteiger charge is 2.20. The fourth-order valence-electron chi connectivity index (χ4n) is 2.70. The first-order chi connectivity index (χ1) is 12.3. The zero-order chi connectivity index (χ0) is 18.9. The Bertz CT molecular complexity index is 1080. The van der Waals surface area contributed by atoms with Gasteiger partial charge in [-0.25, -0.2) is 17.9 Å². The topological polar surface area (TPSA) is 117 Å². The van der Waals surface area contributed by atoms with E-state index in [4.69, 9.17) is 9.52 Å². The Kier molecular flexibility index (Phi) is 4.71. The van der Waals surface area contributed by atoms with E-state index in [-0.39, 0.29) is 22.9 Å². The average Bonchev–Trinajstić information content (AvgIpc) is 2.91. The van der Waals surface area contributed by atoms with Gasteiger partial charge < -0.3 is 14.6 Å². The number of rotatable bonds is 6. The van der Waals surface area contributed by atoms with Gasteiger partial charge in [-0.3, -0.25) is 0 Å². The van der Waals surface area contributed by atoms with Crippen LogP contribution in [0.25, 0.3) is 11.0 Å². The minimum Gasteiger partial charge on any atom is -0.508 e. The molecule has 3 rings (SSSR count). The van der Waals surface area contributed by atoms with Crippen LogP contribution >= 0.6 is 0 Å². The molecule has 0 aliphatic carbocycles. The number of aryl methyl sites for hydroxylation is 1. The molecule has 7 nitrogen and oxygen atoms in total. The number of aromatic carboxylic acids is 1. The summed E-state index contributed by atoms with van der Waals surface area (Å²) in [7, 11) is -3.76. The molecule has 136 valence electrons. The molecule has 0 aliphatic heterocycles. The molecule has 0 unspecified atom stereocenters. The van der Waals surface area contributed by atoms with Crippen molar-refractivity contribution in [2.75, 3.05) is 6.54 Å². The number of phenols is 1. The molecule has 1 aromatic heterocycles. The van der Waals surface area contributed by atoms with Crippen LogP contribution in [0.1, 0.15) is 21.7 Å². The summed E-state index contributed by atoms with van der Waals surface area (Å²) in [6.07, 6.45) is 0.420. The number of carboxylic acid groups (broad SMARTS) is 1. The molecule has 0 bridgehead atoms. The van der Waals surface area contributed by atoms with Crippen LogP contribution in [-0.4, -0.2) is 31.1 Å². The quantitative estimate of drug-likeness (QED) is 0.610. The van der Waals surface area contributed by atoms with Gasteiger partial charge in [0.1, 0.15) is 11.3 Å². The highest BCUT2D eigenvalue weighted by Crippen LogP contribution is 2.27. The zero-order valence-electron chi connectivity index (χ0n) is 13.9. The summed E-state index contributed by atoms with van der Waals surface area (Å²) >= 11 is 0. The summed E-state index contributed by atoms with van der Waals surface area (Å²) in [6.45, 7) is 1.73. The van der Waals surface area contributed by atoms with Gasteiger partial charge >= 0.3 is 5.97 Å². The van der Waals surface area contributed by atoms with Crippen molar-refractivity contribution < 1.29 is 27.8 Å². The lowest BCUT2D eigenvalue weighted by atomic mass is 10.1. The number of furan rings is 1. The molecule has 26 heavy (non-hydrogen) atoms. The Morgan fingerprint density at radius 1 is 1.19 bits per heavy atom. The van der Waals surface area contributed by atoms with Crippen molar-refractivity contribution in [3.05, 3.63) is 59.4 Å². The second-order valence-electron chi connectivity index (χ2n) is 5.84. The summed E-state index contributed by atoms with van der Waals surface area (Å²) < 4.78 is 32.7.